The number of nitrogen functional groups attached to an aromatic ring is 1. The second-order valence-electron chi connectivity index (χ2n) is 17.8. The molecule has 0 aliphatic heterocycles. The normalized spacial score (nSPS) is 12.6. The number of anilines is 3. The minimum atomic E-state index is -0.674. The van der Waals surface area contributed by atoms with Crippen molar-refractivity contribution in [3.05, 3.63) is 240 Å². The molecule has 0 spiro atoms. The molecule has 3 heterocycles. The van der Waals surface area contributed by atoms with E-state index in [1.807, 2.05) is 98.8 Å². The number of hydrogen-bond donors (Lipinski definition) is 3. The molecule has 10 heteroatoms. The number of alkyl halides is 1. The first-order chi connectivity index (χ1) is 35.3. The number of aryl methyl sites for hydroxylation is 2. The Morgan fingerprint density at radius 3 is 2.29 bits per heavy atom. The Morgan fingerprint density at radius 2 is 1.58 bits per heavy atom. The molecule has 1 atom stereocenters. The van der Waals surface area contributed by atoms with Gasteiger partial charge in [-0.2, -0.15) is 5.12 Å². The van der Waals surface area contributed by atoms with Crippen LogP contribution in [0, 0.1) is 13.8 Å². The zero-order valence-electron chi connectivity index (χ0n) is 42.0. The molecular weight excluding hydrogens is 907 g/mol. The summed E-state index contributed by atoms with van der Waals surface area (Å²) in [5, 5.41) is 2.56. The number of aromatic nitrogens is 3. The maximum atomic E-state index is 17.0. The van der Waals surface area contributed by atoms with Gasteiger partial charge in [0.05, 0.1) is 45.3 Å². The van der Waals surface area contributed by atoms with Crippen LogP contribution in [0.3, 0.4) is 0 Å². The molecule has 0 saturated heterocycles. The highest BCUT2D eigenvalue weighted by molar-refractivity contribution is 6.15. The third-order valence-electron chi connectivity index (χ3n) is 13.1. The maximum Gasteiger partial charge on any atom is 0.163 e. The molecule has 6 N–H and O–H groups in total. The van der Waals surface area contributed by atoms with Gasteiger partial charge in [0, 0.05) is 40.4 Å². The van der Waals surface area contributed by atoms with Gasteiger partial charge in [-0.25, -0.2) is 14.4 Å². The monoisotopic (exact) mass is 966 g/mol. The summed E-state index contributed by atoms with van der Waals surface area (Å²) in [7, 11) is 1.76. The Morgan fingerprint density at radius 1 is 0.808 bits per heavy atom. The van der Waals surface area contributed by atoms with E-state index in [0.717, 1.165) is 89.7 Å². The van der Waals surface area contributed by atoms with Crippen molar-refractivity contribution >= 4 is 56.0 Å². The lowest BCUT2D eigenvalue weighted by molar-refractivity contribution is 0.483. The Hall–Kier alpha value is -8.89. The summed E-state index contributed by atoms with van der Waals surface area (Å²) in [5.41, 5.74) is 31.7. The number of nitrogens with two attached hydrogens (primary N) is 3. The largest absolute Gasteiger partial charge is 0.386 e. The molecule has 366 valence electrons. The number of hydrogen-bond acceptors (Lipinski definition) is 7. The Kier molecular flexibility index (Phi) is 15.5. The van der Waals surface area contributed by atoms with Crippen molar-refractivity contribution in [3.63, 3.8) is 0 Å². The second-order valence-corrected chi connectivity index (χ2v) is 17.8. The number of nitrogens with zero attached hydrogens (tertiary/aromatic N) is 5. The lowest BCUT2D eigenvalue weighted by atomic mass is 9.91. The molecule has 8 rings (SSSR count). The van der Waals surface area contributed by atoms with E-state index in [4.69, 9.17) is 22.2 Å². The number of benzene rings is 5. The number of allylic oxidation sites excluding steroid dienone is 11. The van der Waals surface area contributed by atoms with Crippen LogP contribution in [0.5, 0.6) is 0 Å². The molecule has 0 saturated carbocycles. The Labute approximate surface area is 426 Å². The van der Waals surface area contributed by atoms with Crippen molar-refractivity contribution in [1.29, 1.82) is 0 Å². The van der Waals surface area contributed by atoms with Crippen molar-refractivity contribution in [1.82, 2.24) is 14.5 Å². The first-order valence-corrected chi connectivity index (χ1v) is 24.2. The van der Waals surface area contributed by atoms with E-state index in [2.05, 4.69) is 96.2 Å². The third-order valence-corrected chi connectivity index (χ3v) is 13.1. The van der Waals surface area contributed by atoms with Crippen molar-refractivity contribution in [2.24, 2.45) is 16.5 Å². The molecule has 0 aliphatic rings. The molecule has 8 aromatic rings. The smallest absolute Gasteiger partial charge is 0.163 e. The number of fused-ring (bicyclic) bond motifs is 3. The van der Waals surface area contributed by atoms with E-state index >= 15 is 8.87 Å². The van der Waals surface area contributed by atoms with Crippen molar-refractivity contribution in [3.8, 4) is 28.1 Å². The topological polar surface area (TPSA) is 124 Å². The van der Waals surface area contributed by atoms with Crippen molar-refractivity contribution < 1.29 is 8.87 Å². The molecule has 0 fully saturated rings. The standard InChI is InChI=1S/C63H60F2N8/c1-8-11-19-55(69-7)47-28-31-52-53-32-29-48(57-20-14-23-62(68)70-57)37-59(53)72(58(52)36-47)60-38-49(39-64)41(5)34-54(60)46-17-12-18-50(35-46)73(65)63-24-15-21-56(71-63)44(10-3)26-25-40(4)51-30-27-45(33-42(51)6)43(9-2)16-13-22-61(66)67/h8,10-38,43H,1,4,9,39,66-67H2,2-3,5-7H3,(H2,68,70)/b16-13-,19-11-,26-25-,44-10+,69-55?. The maximum absolute atomic E-state index is 17.0. The van der Waals surface area contributed by atoms with Gasteiger partial charge in [-0.1, -0.05) is 134 Å². The van der Waals surface area contributed by atoms with E-state index in [0.29, 0.717) is 27.9 Å². The fourth-order valence-corrected chi connectivity index (χ4v) is 9.26. The minimum absolute atomic E-state index is 0.109. The van der Waals surface area contributed by atoms with Crippen LogP contribution in [0.2, 0.25) is 0 Å². The van der Waals surface area contributed by atoms with Gasteiger partial charge in [-0.3, -0.25) is 4.99 Å². The second kappa shape index (κ2) is 22.5. The number of pyridine rings is 2. The molecule has 5 aromatic carbocycles. The number of aliphatic imine (C=N–C) groups is 1. The molecule has 0 radical (unpaired) electrons. The fraction of sp³-hybridized carbons (Fsp3) is 0.127. The summed E-state index contributed by atoms with van der Waals surface area (Å²) in [6.45, 7) is 15.6. The average molecular weight is 967 g/mol. The zero-order valence-corrected chi connectivity index (χ0v) is 42.0. The van der Waals surface area contributed by atoms with E-state index in [-0.39, 0.29) is 23.2 Å². The quantitative estimate of drug-likeness (QED) is 0.0474. The molecule has 0 bridgehead atoms. The van der Waals surface area contributed by atoms with Crippen LogP contribution in [-0.2, 0) is 6.67 Å². The zero-order chi connectivity index (χ0) is 51.8. The molecule has 0 aliphatic carbocycles. The summed E-state index contributed by atoms with van der Waals surface area (Å²) in [6.07, 6.45) is 18.0. The van der Waals surface area contributed by atoms with Crippen LogP contribution in [0.25, 0.3) is 61.0 Å². The van der Waals surface area contributed by atoms with Crippen LogP contribution in [0.15, 0.2) is 206 Å². The SMILES string of the molecule is C=C/C=C\C(=NC)c1ccc2c3ccc(-c4cccc(N)n4)cc3n(-c3cc(CF)c(C)cc3-c3cccc(N(F)c4cccc(C(/C=C\C(=C)c5ccc(C(/C=C\C=C(N)N)CC)cc5C)=C/C)n4)c3)c2c1. The number of halogens is 2. The predicted octanol–water partition coefficient (Wildman–Crippen LogP) is 15.2. The number of rotatable bonds is 17. The van der Waals surface area contributed by atoms with Crippen LogP contribution in [0.1, 0.15) is 65.3 Å². The predicted molar refractivity (Wildman–Crippen MR) is 304 cm³/mol. The Balaban J connectivity index is 1.17. The highest BCUT2D eigenvalue weighted by Gasteiger charge is 2.21. The first-order valence-electron chi connectivity index (χ1n) is 24.2. The van der Waals surface area contributed by atoms with Gasteiger partial charge in [0.25, 0.3) is 0 Å². The van der Waals surface area contributed by atoms with E-state index < -0.39 is 6.67 Å². The van der Waals surface area contributed by atoms with Crippen LogP contribution in [-0.4, -0.2) is 27.3 Å². The van der Waals surface area contributed by atoms with E-state index in [1.54, 1.807) is 49.5 Å². The van der Waals surface area contributed by atoms with Gasteiger partial charge in [0.2, 0.25) is 0 Å². The Bertz CT molecular complexity index is 3580. The van der Waals surface area contributed by atoms with Gasteiger partial charge < -0.3 is 21.8 Å². The van der Waals surface area contributed by atoms with Gasteiger partial charge in [-0.15, -0.1) is 0 Å². The van der Waals surface area contributed by atoms with Crippen molar-refractivity contribution in [2.45, 2.75) is 46.7 Å². The average Bonchev–Trinajstić information content (AvgIpc) is 3.72. The summed E-state index contributed by atoms with van der Waals surface area (Å²) in [6, 6.07) is 40.9. The highest BCUT2D eigenvalue weighted by atomic mass is 19.2. The van der Waals surface area contributed by atoms with Crippen LogP contribution < -0.4 is 22.3 Å². The molecule has 3 aromatic heterocycles. The lowest BCUT2D eigenvalue weighted by Crippen LogP contribution is -2.07. The van der Waals surface area contributed by atoms with E-state index in [1.165, 1.54) is 5.56 Å². The fourth-order valence-electron chi connectivity index (χ4n) is 9.26. The highest BCUT2D eigenvalue weighted by Crippen LogP contribution is 2.41. The van der Waals surface area contributed by atoms with Crippen LogP contribution in [0.4, 0.5) is 26.2 Å². The molecule has 1 unspecified atom stereocenters. The van der Waals surface area contributed by atoms with Gasteiger partial charge in [0.15, 0.2) is 5.82 Å². The minimum Gasteiger partial charge on any atom is -0.386 e. The molecular formula is C63H60F2N8. The van der Waals surface area contributed by atoms with E-state index in [9.17, 15) is 0 Å². The van der Waals surface area contributed by atoms with Crippen molar-refractivity contribution in [2.75, 3.05) is 17.9 Å². The molecule has 8 nitrogen and oxygen atoms in total. The molecule has 73 heavy (non-hydrogen) atoms. The summed E-state index contributed by atoms with van der Waals surface area (Å²) in [5.74, 6) is 0.998. The van der Waals surface area contributed by atoms with Gasteiger partial charge in [-0.05, 0) is 145 Å². The first kappa shape index (κ1) is 50.5. The summed E-state index contributed by atoms with van der Waals surface area (Å²) in [4.78, 5) is 14.0. The van der Waals surface area contributed by atoms with Crippen LogP contribution >= 0.6 is 0 Å². The van der Waals surface area contributed by atoms with Gasteiger partial charge >= 0.3 is 0 Å². The summed E-state index contributed by atoms with van der Waals surface area (Å²) >= 11 is 0. The van der Waals surface area contributed by atoms with Gasteiger partial charge in [0.1, 0.15) is 12.5 Å². The summed E-state index contributed by atoms with van der Waals surface area (Å²) < 4.78 is 34.2. The lowest BCUT2D eigenvalue weighted by Gasteiger charge is -2.19. The molecule has 0 amide bonds. The third kappa shape index (κ3) is 10.9.